The lowest BCUT2D eigenvalue weighted by Crippen LogP contribution is -2.38. The van der Waals surface area contributed by atoms with E-state index in [1.165, 1.54) is 45.9 Å². The summed E-state index contributed by atoms with van der Waals surface area (Å²) in [6, 6.07) is 9.07. The zero-order valence-corrected chi connectivity index (χ0v) is 16.0. The third-order valence-corrected chi connectivity index (χ3v) is 5.17. The van der Waals surface area contributed by atoms with Gasteiger partial charge in [-0.15, -0.1) is 10.2 Å². The molecule has 1 aliphatic heterocycles. The highest BCUT2D eigenvalue weighted by Crippen LogP contribution is 2.37. The fourth-order valence-corrected chi connectivity index (χ4v) is 3.52. The number of carbonyl (C=O) groups excluding carboxylic acids is 1. The van der Waals surface area contributed by atoms with Crippen LogP contribution in [0.5, 0.6) is 0 Å². The topological polar surface area (TPSA) is 51.0 Å². The highest BCUT2D eigenvalue weighted by molar-refractivity contribution is 6.32. The molecule has 0 unspecified atom stereocenters. The van der Waals surface area contributed by atoms with Crippen molar-refractivity contribution >= 4 is 17.5 Å². The maximum Gasteiger partial charge on any atom is 0.417 e. The highest BCUT2D eigenvalue weighted by Gasteiger charge is 2.36. The molecule has 0 atom stereocenters. The lowest BCUT2D eigenvalue weighted by molar-refractivity contribution is -0.137. The molecular weight excluding hydrogens is 424 g/mol. The van der Waals surface area contributed by atoms with Gasteiger partial charge in [0.2, 0.25) is 5.82 Å². The van der Waals surface area contributed by atoms with Gasteiger partial charge in [-0.25, -0.2) is 4.39 Å². The van der Waals surface area contributed by atoms with E-state index in [0.29, 0.717) is 17.1 Å². The Morgan fingerprint density at radius 3 is 2.40 bits per heavy atom. The molecule has 0 radical (unpaired) electrons. The summed E-state index contributed by atoms with van der Waals surface area (Å²) < 4.78 is 54.1. The molecule has 0 fully saturated rings. The van der Waals surface area contributed by atoms with Crippen LogP contribution in [0.25, 0.3) is 11.4 Å². The van der Waals surface area contributed by atoms with E-state index in [-0.39, 0.29) is 24.5 Å². The van der Waals surface area contributed by atoms with Crippen LogP contribution in [0.4, 0.5) is 17.6 Å². The second kappa shape index (κ2) is 7.24. The number of alkyl halides is 3. The van der Waals surface area contributed by atoms with E-state index < -0.39 is 28.5 Å². The molecule has 10 heteroatoms. The second-order valence-electron chi connectivity index (χ2n) is 6.67. The molecule has 1 aliphatic rings. The van der Waals surface area contributed by atoms with Crippen molar-refractivity contribution in [3.8, 4) is 11.4 Å². The Bertz CT molecular complexity index is 1150. The minimum Gasteiger partial charge on any atom is -0.304 e. The number of fused-ring (bicyclic) bond motifs is 1. The summed E-state index contributed by atoms with van der Waals surface area (Å²) in [7, 11) is 0. The molecule has 1 aromatic heterocycles. The third-order valence-electron chi connectivity index (χ3n) is 4.72. The number of amides is 1. The first-order valence-corrected chi connectivity index (χ1v) is 9.08. The lowest BCUT2D eigenvalue weighted by atomic mass is 10.1. The summed E-state index contributed by atoms with van der Waals surface area (Å²) in [4.78, 5) is 14.2. The minimum absolute atomic E-state index is 0.00447. The standard InChI is InChI=1S/C20H13ClF4N4O/c1-11-9-29-17(12-5-7-14(22)8-6-12)26-27-18(29)19(30)28(11)10-13-3-2-4-15(16(13)21)20(23,24)25/h2-8H,1,9-10H2. The fourth-order valence-electron chi connectivity index (χ4n) is 3.23. The average molecular weight is 437 g/mol. The molecule has 1 amide bonds. The number of hydrogen-bond acceptors (Lipinski definition) is 3. The van der Waals surface area contributed by atoms with Crippen LogP contribution in [0, 0.1) is 5.82 Å². The van der Waals surface area contributed by atoms with Crippen LogP contribution in [0.2, 0.25) is 5.02 Å². The smallest absolute Gasteiger partial charge is 0.304 e. The van der Waals surface area contributed by atoms with Gasteiger partial charge in [-0.2, -0.15) is 13.2 Å². The van der Waals surface area contributed by atoms with Gasteiger partial charge in [-0.05, 0) is 35.9 Å². The third kappa shape index (κ3) is 3.45. The van der Waals surface area contributed by atoms with E-state index in [1.807, 2.05) is 0 Å². The molecule has 0 bridgehead atoms. The summed E-state index contributed by atoms with van der Waals surface area (Å²) >= 11 is 5.95. The molecule has 0 N–H and O–H groups in total. The van der Waals surface area contributed by atoms with Gasteiger partial charge in [0.15, 0.2) is 5.82 Å². The molecule has 0 saturated carbocycles. The van der Waals surface area contributed by atoms with E-state index in [9.17, 15) is 22.4 Å². The predicted molar refractivity (Wildman–Crippen MR) is 101 cm³/mol. The lowest BCUT2D eigenvalue weighted by Gasteiger charge is -2.30. The molecular formula is C20H13ClF4N4O. The van der Waals surface area contributed by atoms with Crippen molar-refractivity contribution in [1.82, 2.24) is 19.7 Å². The summed E-state index contributed by atoms with van der Waals surface area (Å²) in [5, 5.41) is 7.46. The van der Waals surface area contributed by atoms with Gasteiger partial charge in [0.1, 0.15) is 5.82 Å². The van der Waals surface area contributed by atoms with Crippen LogP contribution < -0.4 is 0 Å². The SMILES string of the molecule is C=C1Cn2c(nnc2-c2ccc(F)cc2)C(=O)N1Cc1cccc(C(F)(F)F)c1Cl. The monoisotopic (exact) mass is 436 g/mol. The van der Waals surface area contributed by atoms with Crippen molar-refractivity contribution in [2.75, 3.05) is 0 Å². The Balaban J connectivity index is 1.66. The Morgan fingerprint density at radius 2 is 1.73 bits per heavy atom. The molecule has 30 heavy (non-hydrogen) atoms. The quantitative estimate of drug-likeness (QED) is 0.547. The van der Waals surface area contributed by atoms with Gasteiger partial charge in [0.25, 0.3) is 5.91 Å². The molecule has 4 rings (SSSR count). The number of carbonyl (C=O) groups is 1. The molecule has 3 aromatic rings. The maximum absolute atomic E-state index is 13.2. The molecule has 5 nitrogen and oxygen atoms in total. The van der Waals surface area contributed by atoms with Crippen LogP contribution in [0.3, 0.4) is 0 Å². The molecule has 154 valence electrons. The van der Waals surface area contributed by atoms with E-state index in [0.717, 1.165) is 6.07 Å². The Hall–Kier alpha value is -3.20. The Labute approximate surface area is 173 Å². The van der Waals surface area contributed by atoms with Gasteiger partial charge >= 0.3 is 6.18 Å². The van der Waals surface area contributed by atoms with Crippen LogP contribution >= 0.6 is 11.6 Å². The first-order valence-electron chi connectivity index (χ1n) is 8.70. The van der Waals surface area contributed by atoms with Crippen molar-refractivity contribution in [2.45, 2.75) is 19.3 Å². The largest absolute Gasteiger partial charge is 0.417 e. The number of allylic oxidation sites excluding steroid dienone is 1. The van der Waals surface area contributed by atoms with Crippen LogP contribution in [0.15, 0.2) is 54.7 Å². The van der Waals surface area contributed by atoms with E-state index >= 15 is 0 Å². The van der Waals surface area contributed by atoms with Crippen molar-refractivity contribution in [3.05, 3.63) is 82.5 Å². The summed E-state index contributed by atoms with van der Waals surface area (Å²) in [5.74, 6) is -0.622. The van der Waals surface area contributed by atoms with E-state index in [4.69, 9.17) is 11.6 Å². The summed E-state index contributed by atoms with van der Waals surface area (Å²) in [6.45, 7) is 3.81. The zero-order chi connectivity index (χ0) is 21.6. The molecule has 0 spiro atoms. The second-order valence-corrected chi connectivity index (χ2v) is 7.05. The Kier molecular flexibility index (Phi) is 4.85. The van der Waals surface area contributed by atoms with E-state index in [1.54, 1.807) is 0 Å². The fraction of sp³-hybridized carbons (Fsp3) is 0.150. The minimum atomic E-state index is -4.61. The highest BCUT2D eigenvalue weighted by atomic mass is 35.5. The van der Waals surface area contributed by atoms with Crippen molar-refractivity contribution < 1.29 is 22.4 Å². The number of hydrogen-bond donors (Lipinski definition) is 0. The molecule has 0 saturated heterocycles. The van der Waals surface area contributed by atoms with Crippen LogP contribution in [-0.4, -0.2) is 25.6 Å². The van der Waals surface area contributed by atoms with Crippen LogP contribution in [0.1, 0.15) is 21.7 Å². The van der Waals surface area contributed by atoms with E-state index in [2.05, 4.69) is 16.8 Å². The summed E-state index contributed by atoms with van der Waals surface area (Å²) in [5.41, 5.74) is 0.0560. The number of benzene rings is 2. The van der Waals surface area contributed by atoms with Crippen LogP contribution in [-0.2, 0) is 19.3 Å². The molecule has 2 heterocycles. The summed E-state index contributed by atoms with van der Waals surface area (Å²) in [6.07, 6.45) is -4.61. The first-order chi connectivity index (χ1) is 14.2. The van der Waals surface area contributed by atoms with Crippen molar-refractivity contribution in [2.24, 2.45) is 0 Å². The van der Waals surface area contributed by atoms with Gasteiger partial charge < -0.3 is 4.90 Å². The predicted octanol–water partition coefficient (Wildman–Crippen LogP) is 4.93. The first kappa shape index (κ1) is 20.1. The molecule has 0 aliphatic carbocycles. The van der Waals surface area contributed by atoms with Gasteiger partial charge in [-0.3, -0.25) is 9.36 Å². The van der Waals surface area contributed by atoms with Gasteiger partial charge in [-0.1, -0.05) is 30.3 Å². The van der Waals surface area contributed by atoms with Gasteiger partial charge in [0.05, 0.1) is 23.7 Å². The number of nitrogens with zero attached hydrogens (tertiary/aromatic N) is 4. The normalized spacial score (nSPS) is 14.2. The van der Waals surface area contributed by atoms with Gasteiger partial charge in [0, 0.05) is 11.3 Å². The van der Waals surface area contributed by atoms with Crippen molar-refractivity contribution in [3.63, 3.8) is 0 Å². The molecule has 2 aromatic carbocycles. The average Bonchev–Trinajstić information content (AvgIpc) is 3.10. The number of rotatable bonds is 3. The number of halogens is 5. The maximum atomic E-state index is 13.2. The Morgan fingerprint density at radius 1 is 1.07 bits per heavy atom. The zero-order valence-electron chi connectivity index (χ0n) is 15.2. The van der Waals surface area contributed by atoms with Crippen molar-refractivity contribution in [1.29, 1.82) is 0 Å². The number of aromatic nitrogens is 3.